The van der Waals surface area contributed by atoms with Gasteiger partial charge in [0.15, 0.2) is 6.29 Å². The Labute approximate surface area is 259 Å². The Morgan fingerprint density at radius 1 is 0.857 bits per heavy atom. The first-order valence-electron chi connectivity index (χ1n) is 17.4. The second kappa shape index (κ2) is 27.1. The molecule has 1 heterocycles. The Bertz CT molecular complexity index is 678. The number of methoxy groups -OCH3 is 1. The van der Waals surface area contributed by atoms with Crippen molar-refractivity contribution < 1.29 is 23.8 Å². The summed E-state index contributed by atoms with van der Waals surface area (Å²) in [5, 5.41) is 0. The number of allylic oxidation sites excluding steroid dienone is 1. The summed E-state index contributed by atoms with van der Waals surface area (Å²) in [4.78, 5) is 29.3. The van der Waals surface area contributed by atoms with E-state index in [4.69, 9.17) is 14.2 Å². The standard InChI is InChI=1S/C35H66N2O5/c1-5-6-7-8-9-10-11-15-23-32(24-16-12-13-17-26-34(39)40-4)37(33(38)25-22-28-36(2)3)29-19-14-20-30-41-35-27-18-21-31-42-35/h17,26,32,35H,5-16,18-25,27-31H2,1-4H3. The van der Waals surface area contributed by atoms with Crippen LogP contribution < -0.4 is 0 Å². The lowest BCUT2D eigenvalue weighted by molar-refractivity contribution is -0.162. The average molecular weight is 595 g/mol. The molecule has 1 aliphatic heterocycles. The van der Waals surface area contributed by atoms with E-state index in [-0.39, 0.29) is 12.3 Å². The summed E-state index contributed by atoms with van der Waals surface area (Å²) in [6.45, 7) is 5.60. The zero-order valence-electron chi connectivity index (χ0n) is 27.9. The average Bonchev–Trinajstić information content (AvgIpc) is 2.99. The lowest BCUT2D eigenvalue weighted by atomic mass is 9.98. The van der Waals surface area contributed by atoms with Crippen molar-refractivity contribution in [1.82, 2.24) is 9.80 Å². The first kappa shape index (κ1) is 38.6. The van der Waals surface area contributed by atoms with Crippen molar-refractivity contribution in [1.29, 1.82) is 0 Å². The van der Waals surface area contributed by atoms with E-state index in [9.17, 15) is 9.59 Å². The van der Waals surface area contributed by atoms with Crippen molar-refractivity contribution in [2.24, 2.45) is 0 Å². The topological polar surface area (TPSA) is 68.3 Å². The second-order valence-corrected chi connectivity index (χ2v) is 12.3. The molecule has 2 atom stereocenters. The zero-order valence-corrected chi connectivity index (χ0v) is 27.9. The van der Waals surface area contributed by atoms with Crippen LogP contribution in [0, 0.1) is 0 Å². The smallest absolute Gasteiger partial charge is 0.330 e. The minimum absolute atomic E-state index is 0.0213. The van der Waals surface area contributed by atoms with Crippen LogP contribution >= 0.6 is 0 Å². The minimum atomic E-state index is -0.297. The predicted molar refractivity (Wildman–Crippen MR) is 174 cm³/mol. The van der Waals surface area contributed by atoms with Crippen molar-refractivity contribution >= 4 is 11.9 Å². The summed E-state index contributed by atoms with van der Waals surface area (Å²) in [5.74, 6) is 0.0209. The summed E-state index contributed by atoms with van der Waals surface area (Å²) in [7, 11) is 5.55. The monoisotopic (exact) mass is 594 g/mol. The fourth-order valence-electron chi connectivity index (χ4n) is 5.68. The van der Waals surface area contributed by atoms with Gasteiger partial charge >= 0.3 is 5.97 Å². The van der Waals surface area contributed by atoms with Gasteiger partial charge < -0.3 is 24.0 Å². The van der Waals surface area contributed by atoms with Crippen LogP contribution in [-0.2, 0) is 23.8 Å². The predicted octanol–water partition coefficient (Wildman–Crippen LogP) is 8.06. The summed E-state index contributed by atoms with van der Waals surface area (Å²) >= 11 is 0. The van der Waals surface area contributed by atoms with E-state index in [0.717, 1.165) is 96.9 Å². The van der Waals surface area contributed by atoms with Crippen LogP contribution in [-0.4, -0.2) is 81.5 Å². The van der Waals surface area contributed by atoms with Crippen LogP contribution in [0.25, 0.3) is 0 Å². The zero-order chi connectivity index (χ0) is 30.7. The molecule has 0 radical (unpaired) electrons. The van der Waals surface area contributed by atoms with Crippen LogP contribution in [0.15, 0.2) is 12.2 Å². The lowest BCUT2D eigenvalue weighted by Crippen LogP contribution is -2.41. The molecule has 7 nitrogen and oxygen atoms in total. The fourth-order valence-corrected chi connectivity index (χ4v) is 5.68. The summed E-state index contributed by atoms with van der Waals surface area (Å²) < 4.78 is 16.3. The molecule has 0 N–H and O–H groups in total. The number of esters is 1. The highest BCUT2D eigenvalue weighted by Crippen LogP contribution is 2.21. The van der Waals surface area contributed by atoms with Gasteiger partial charge in [0.25, 0.3) is 0 Å². The minimum Gasteiger partial charge on any atom is -0.466 e. The van der Waals surface area contributed by atoms with E-state index in [1.54, 1.807) is 0 Å². The molecule has 7 heteroatoms. The molecule has 0 saturated carbocycles. The van der Waals surface area contributed by atoms with Crippen molar-refractivity contribution in [2.45, 2.75) is 154 Å². The number of hydrogen-bond donors (Lipinski definition) is 0. The van der Waals surface area contributed by atoms with E-state index in [2.05, 4.69) is 30.8 Å². The van der Waals surface area contributed by atoms with Crippen LogP contribution in [0.4, 0.5) is 0 Å². The molecule has 42 heavy (non-hydrogen) atoms. The van der Waals surface area contributed by atoms with Crippen molar-refractivity contribution in [2.75, 3.05) is 47.5 Å². The number of amides is 1. The van der Waals surface area contributed by atoms with Crippen molar-refractivity contribution in [3.05, 3.63) is 12.2 Å². The first-order valence-corrected chi connectivity index (χ1v) is 17.4. The first-order chi connectivity index (χ1) is 20.5. The summed E-state index contributed by atoms with van der Waals surface area (Å²) in [5.41, 5.74) is 0. The third kappa shape index (κ3) is 21.3. The molecule has 2 unspecified atom stereocenters. The number of carbonyl (C=O) groups excluding carboxylic acids is 2. The molecule has 0 aromatic heterocycles. The highest BCUT2D eigenvalue weighted by atomic mass is 16.7. The fraction of sp³-hybridized carbons (Fsp3) is 0.886. The van der Waals surface area contributed by atoms with Gasteiger partial charge in [-0.1, -0.05) is 70.8 Å². The molecule has 246 valence electrons. The van der Waals surface area contributed by atoms with E-state index >= 15 is 0 Å². The number of ether oxygens (including phenoxy) is 3. The molecule has 1 amide bonds. The number of hydrogen-bond acceptors (Lipinski definition) is 6. The summed E-state index contributed by atoms with van der Waals surface area (Å²) in [6, 6.07) is 0.299. The van der Waals surface area contributed by atoms with Crippen LogP contribution in [0.2, 0.25) is 0 Å². The van der Waals surface area contributed by atoms with Gasteiger partial charge in [0, 0.05) is 38.3 Å². The number of nitrogens with zero attached hydrogens (tertiary/aromatic N) is 2. The molecule has 1 rings (SSSR count). The third-order valence-electron chi connectivity index (χ3n) is 8.25. The Hall–Kier alpha value is -1.44. The van der Waals surface area contributed by atoms with E-state index in [1.165, 1.54) is 71.0 Å². The molecule has 0 bridgehead atoms. The van der Waals surface area contributed by atoms with Crippen LogP contribution in [0.1, 0.15) is 142 Å². The maximum Gasteiger partial charge on any atom is 0.330 e. The summed E-state index contributed by atoms with van der Waals surface area (Å²) in [6.07, 6.45) is 26.9. The van der Waals surface area contributed by atoms with Gasteiger partial charge in [0.2, 0.25) is 5.91 Å². The van der Waals surface area contributed by atoms with Gasteiger partial charge in [0.1, 0.15) is 0 Å². The lowest BCUT2D eigenvalue weighted by Gasteiger charge is -2.33. The quantitative estimate of drug-likeness (QED) is 0.0544. The normalized spacial score (nSPS) is 16.3. The number of rotatable bonds is 27. The van der Waals surface area contributed by atoms with Crippen molar-refractivity contribution in [3.8, 4) is 0 Å². The Morgan fingerprint density at radius 3 is 2.21 bits per heavy atom. The SMILES string of the molecule is CCCCCCCCCCC(CCCCC=CC(=O)OC)N(CCCCCOC1CCCCO1)C(=O)CCCN(C)C. The highest BCUT2D eigenvalue weighted by molar-refractivity contribution is 5.81. The van der Waals surface area contributed by atoms with Gasteiger partial charge in [-0.3, -0.25) is 4.79 Å². The maximum absolute atomic E-state index is 13.6. The molecule has 0 aromatic carbocycles. The van der Waals surface area contributed by atoms with Gasteiger partial charge in [-0.15, -0.1) is 0 Å². The van der Waals surface area contributed by atoms with E-state index in [1.807, 2.05) is 6.08 Å². The van der Waals surface area contributed by atoms with Gasteiger partial charge in [-0.05, 0) is 91.3 Å². The largest absolute Gasteiger partial charge is 0.466 e. The van der Waals surface area contributed by atoms with Crippen LogP contribution in [0.3, 0.4) is 0 Å². The van der Waals surface area contributed by atoms with Crippen molar-refractivity contribution in [3.63, 3.8) is 0 Å². The Balaban J connectivity index is 2.66. The van der Waals surface area contributed by atoms with Gasteiger partial charge in [-0.2, -0.15) is 0 Å². The molecule has 1 saturated heterocycles. The van der Waals surface area contributed by atoms with Gasteiger partial charge in [0.05, 0.1) is 7.11 Å². The number of unbranched alkanes of at least 4 members (excludes halogenated alkanes) is 11. The van der Waals surface area contributed by atoms with E-state index in [0.29, 0.717) is 18.4 Å². The highest BCUT2D eigenvalue weighted by Gasteiger charge is 2.23. The Morgan fingerprint density at radius 2 is 1.55 bits per heavy atom. The molecule has 1 fully saturated rings. The third-order valence-corrected chi connectivity index (χ3v) is 8.25. The molecule has 0 aromatic rings. The molecule has 1 aliphatic rings. The van der Waals surface area contributed by atoms with E-state index < -0.39 is 0 Å². The molecule has 0 aliphatic carbocycles. The molecular weight excluding hydrogens is 528 g/mol. The Kier molecular flexibility index (Phi) is 24.9. The van der Waals surface area contributed by atoms with Crippen LogP contribution in [0.5, 0.6) is 0 Å². The second-order valence-electron chi connectivity index (χ2n) is 12.3. The number of carbonyl (C=O) groups is 2. The maximum atomic E-state index is 13.6. The van der Waals surface area contributed by atoms with Gasteiger partial charge in [-0.25, -0.2) is 4.79 Å². The molecular formula is C35H66N2O5. The molecule has 0 spiro atoms.